The van der Waals surface area contributed by atoms with Crippen molar-refractivity contribution in [3.63, 3.8) is 0 Å². The number of aromatic nitrogens is 3. The van der Waals surface area contributed by atoms with Gasteiger partial charge in [0.2, 0.25) is 0 Å². The van der Waals surface area contributed by atoms with E-state index >= 15 is 0 Å². The minimum Gasteiger partial charge on any atom is -0.361 e. The molecule has 0 amide bonds. The van der Waals surface area contributed by atoms with Crippen LogP contribution in [-0.2, 0) is 25.9 Å². The zero-order valence-electron chi connectivity index (χ0n) is 17.5. The quantitative estimate of drug-likeness (QED) is 0.464. The molecular weight excluding hydrogens is 416 g/mol. The fourth-order valence-electron chi connectivity index (χ4n) is 3.79. The van der Waals surface area contributed by atoms with E-state index < -0.39 is 0 Å². The number of benzene rings is 1. The summed E-state index contributed by atoms with van der Waals surface area (Å²) in [5.74, 6) is 1.22. The second-order valence-corrected chi connectivity index (χ2v) is 8.15. The minimum absolute atomic E-state index is 0.279. The van der Waals surface area contributed by atoms with Crippen LogP contribution in [-0.4, -0.2) is 19.5 Å². The van der Waals surface area contributed by atoms with Gasteiger partial charge >= 0.3 is 5.69 Å². The summed E-state index contributed by atoms with van der Waals surface area (Å²) in [4.78, 5) is 30.1. The molecule has 0 aliphatic carbocycles. The minimum atomic E-state index is -0.307. The third-order valence-electron chi connectivity index (χ3n) is 5.46. The van der Waals surface area contributed by atoms with Crippen LogP contribution < -0.4 is 11.2 Å². The van der Waals surface area contributed by atoms with E-state index in [1.54, 1.807) is 4.57 Å². The first kappa shape index (κ1) is 21.3. The zero-order valence-corrected chi connectivity index (χ0v) is 18.3. The van der Waals surface area contributed by atoms with Gasteiger partial charge < -0.3 is 4.52 Å². The van der Waals surface area contributed by atoms with Crippen LogP contribution >= 0.6 is 11.6 Å². The van der Waals surface area contributed by atoms with E-state index in [4.69, 9.17) is 16.1 Å². The standard InChI is InChI=1S/C23H25ClN4O3/c1-2-3-12-27-21-18(15-20(24)25-21)22(29)28(23(27)30)13-8-7-11-17-14-19(26-31-17)16-9-5-4-6-10-16/h4-6,9-10,14H,2-3,7-8,11-13,15H2,1H3. The van der Waals surface area contributed by atoms with Crippen LogP contribution in [0.4, 0.5) is 5.82 Å². The third kappa shape index (κ3) is 4.56. The first-order chi connectivity index (χ1) is 15.1. The van der Waals surface area contributed by atoms with E-state index in [2.05, 4.69) is 17.1 Å². The molecule has 162 valence electrons. The molecule has 0 saturated carbocycles. The molecule has 4 rings (SSSR count). The summed E-state index contributed by atoms with van der Waals surface area (Å²) in [7, 11) is 0. The zero-order chi connectivity index (χ0) is 21.8. The van der Waals surface area contributed by atoms with Gasteiger partial charge in [-0.1, -0.05) is 60.4 Å². The van der Waals surface area contributed by atoms with Gasteiger partial charge in [0.05, 0.1) is 5.56 Å². The lowest BCUT2D eigenvalue weighted by molar-refractivity contribution is 0.379. The molecule has 3 heterocycles. The Hall–Kier alpha value is -2.93. The smallest absolute Gasteiger partial charge is 0.332 e. The molecule has 3 aromatic rings. The Bertz CT molecular complexity index is 1210. The first-order valence-corrected chi connectivity index (χ1v) is 11.1. The normalized spacial score (nSPS) is 12.8. The van der Waals surface area contributed by atoms with Gasteiger partial charge in [0.25, 0.3) is 5.56 Å². The van der Waals surface area contributed by atoms with Crippen LogP contribution in [0.2, 0.25) is 0 Å². The van der Waals surface area contributed by atoms with Gasteiger partial charge in [-0.2, -0.15) is 0 Å². The SMILES string of the molecule is CCCCn1c2c(c(=O)n(CCCCc3cc(-c4ccccc4)no3)c1=O)CC(Cl)=N2. The van der Waals surface area contributed by atoms with E-state index in [0.717, 1.165) is 36.3 Å². The molecule has 0 spiro atoms. The molecule has 0 atom stereocenters. The number of hydrogen-bond acceptors (Lipinski definition) is 5. The molecule has 1 aliphatic heterocycles. The molecule has 0 bridgehead atoms. The highest BCUT2D eigenvalue weighted by molar-refractivity contribution is 6.66. The lowest BCUT2D eigenvalue weighted by Gasteiger charge is -2.13. The van der Waals surface area contributed by atoms with Crippen LogP contribution in [0.15, 0.2) is 55.5 Å². The number of halogens is 1. The van der Waals surface area contributed by atoms with E-state index in [1.165, 1.54) is 4.57 Å². The third-order valence-corrected chi connectivity index (χ3v) is 5.68. The monoisotopic (exact) mass is 440 g/mol. The summed E-state index contributed by atoms with van der Waals surface area (Å²) in [6.07, 6.45) is 4.23. The Labute approximate surface area is 185 Å². The van der Waals surface area contributed by atoms with Crippen molar-refractivity contribution in [2.75, 3.05) is 0 Å². The topological polar surface area (TPSA) is 82.4 Å². The number of unbranched alkanes of at least 4 members (excludes halogenated alkanes) is 2. The average Bonchev–Trinajstić information content (AvgIpc) is 3.40. The largest absolute Gasteiger partial charge is 0.361 e. The number of nitrogens with zero attached hydrogens (tertiary/aromatic N) is 4. The fourth-order valence-corrected chi connectivity index (χ4v) is 4.00. The second kappa shape index (κ2) is 9.47. The summed E-state index contributed by atoms with van der Waals surface area (Å²) < 4.78 is 8.36. The van der Waals surface area contributed by atoms with Gasteiger partial charge in [0, 0.05) is 37.6 Å². The molecule has 7 nitrogen and oxygen atoms in total. The maximum Gasteiger partial charge on any atom is 0.332 e. The van der Waals surface area contributed by atoms with Crippen molar-refractivity contribution in [1.29, 1.82) is 0 Å². The maximum absolute atomic E-state index is 13.0. The van der Waals surface area contributed by atoms with Crippen LogP contribution in [0.25, 0.3) is 11.3 Å². The predicted octanol–water partition coefficient (Wildman–Crippen LogP) is 4.31. The molecular formula is C23H25ClN4O3. The Morgan fingerprint density at radius 3 is 2.61 bits per heavy atom. The highest BCUT2D eigenvalue weighted by atomic mass is 35.5. The summed E-state index contributed by atoms with van der Waals surface area (Å²) in [5.41, 5.74) is 1.75. The van der Waals surface area contributed by atoms with Crippen molar-refractivity contribution in [2.24, 2.45) is 4.99 Å². The van der Waals surface area contributed by atoms with Gasteiger partial charge in [-0.25, -0.2) is 9.79 Å². The Morgan fingerprint density at radius 1 is 1.06 bits per heavy atom. The van der Waals surface area contributed by atoms with Crippen LogP contribution in [0.5, 0.6) is 0 Å². The number of fused-ring (bicyclic) bond motifs is 1. The highest BCUT2D eigenvalue weighted by Gasteiger charge is 2.24. The lowest BCUT2D eigenvalue weighted by Crippen LogP contribution is -2.41. The molecule has 0 radical (unpaired) electrons. The number of aliphatic imine (C=N–C) groups is 1. The summed E-state index contributed by atoms with van der Waals surface area (Å²) in [5, 5.41) is 4.48. The Morgan fingerprint density at radius 2 is 1.84 bits per heavy atom. The Balaban J connectivity index is 1.44. The summed E-state index contributed by atoms with van der Waals surface area (Å²) in [6, 6.07) is 11.8. The number of hydrogen-bond donors (Lipinski definition) is 0. The van der Waals surface area contributed by atoms with Crippen molar-refractivity contribution >= 4 is 22.6 Å². The van der Waals surface area contributed by atoms with Crippen LogP contribution in [0, 0.1) is 0 Å². The van der Waals surface area contributed by atoms with Crippen molar-refractivity contribution in [3.05, 3.63) is 68.6 Å². The molecule has 1 aliphatic rings. The fraction of sp³-hybridized carbons (Fsp3) is 0.391. The lowest BCUT2D eigenvalue weighted by atomic mass is 10.1. The van der Waals surface area contributed by atoms with Gasteiger partial charge in [0.15, 0.2) is 0 Å². The second-order valence-electron chi connectivity index (χ2n) is 7.71. The highest BCUT2D eigenvalue weighted by Crippen LogP contribution is 2.24. The van der Waals surface area contributed by atoms with E-state index in [0.29, 0.717) is 48.9 Å². The van der Waals surface area contributed by atoms with Gasteiger partial charge in [-0.3, -0.25) is 13.9 Å². The molecule has 0 fully saturated rings. The Kier molecular flexibility index (Phi) is 6.51. The van der Waals surface area contributed by atoms with Crippen molar-refractivity contribution in [2.45, 2.75) is 58.5 Å². The van der Waals surface area contributed by atoms with E-state index in [1.807, 2.05) is 36.4 Å². The average molecular weight is 441 g/mol. The predicted molar refractivity (Wildman–Crippen MR) is 121 cm³/mol. The van der Waals surface area contributed by atoms with Crippen molar-refractivity contribution in [3.8, 4) is 11.3 Å². The van der Waals surface area contributed by atoms with Crippen LogP contribution in [0.3, 0.4) is 0 Å². The molecule has 0 saturated heterocycles. The molecule has 2 aromatic heterocycles. The first-order valence-electron chi connectivity index (χ1n) is 10.7. The summed E-state index contributed by atoms with van der Waals surface area (Å²) >= 11 is 6.07. The maximum atomic E-state index is 13.0. The molecule has 31 heavy (non-hydrogen) atoms. The van der Waals surface area contributed by atoms with Crippen LogP contribution in [0.1, 0.15) is 43.9 Å². The van der Waals surface area contributed by atoms with Gasteiger partial charge in [-0.15, -0.1) is 0 Å². The van der Waals surface area contributed by atoms with E-state index in [9.17, 15) is 9.59 Å². The number of rotatable bonds is 9. The summed E-state index contributed by atoms with van der Waals surface area (Å²) in [6.45, 7) is 2.95. The molecule has 8 heteroatoms. The molecule has 1 aromatic carbocycles. The van der Waals surface area contributed by atoms with Crippen molar-refractivity contribution < 1.29 is 4.52 Å². The molecule has 0 N–H and O–H groups in total. The van der Waals surface area contributed by atoms with E-state index in [-0.39, 0.29) is 11.2 Å². The number of aryl methyl sites for hydroxylation is 1. The van der Waals surface area contributed by atoms with Crippen molar-refractivity contribution in [1.82, 2.24) is 14.3 Å². The van der Waals surface area contributed by atoms with Gasteiger partial charge in [-0.05, 0) is 19.3 Å². The molecule has 0 unspecified atom stereocenters. The van der Waals surface area contributed by atoms with Gasteiger partial charge in [0.1, 0.15) is 22.4 Å².